The molecule has 0 bridgehead atoms. The smallest absolute Gasteiger partial charge is 0.434 e. The fourth-order valence-corrected chi connectivity index (χ4v) is 4.94. The summed E-state index contributed by atoms with van der Waals surface area (Å²) in [6, 6.07) is 14.7. The Balaban J connectivity index is 1.51. The van der Waals surface area contributed by atoms with Gasteiger partial charge in [0.05, 0.1) is 24.1 Å². The molecular formula is C30H26F6N4O3. The summed E-state index contributed by atoms with van der Waals surface area (Å²) in [6.07, 6.45) is -8.10. The van der Waals surface area contributed by atoms with Crippen LogP contribution in [-0.4, -0.2) is 40.4 Å². The summed E-state index contributed by atoms with van der Waals surface area (Å²) in [5.74, 6) is -1.75. The summed E-state index contributed by atoms with van der Waals surface area (Å²) in [7, 11) is 0. The fourth-order valence-electron chi connectivity index (χ4n) is 4.94. The molecule has 0 radical (unpaired) electrons. The van der Waals surface area contributed by atoms with E-state index in [1.165, 1.54) is 31.2 Å². The van der Waals surface area contributed by atoms with Gasteiger partial charge in [0.25, 0.3) is 0 Å². The van der Waals surface area contributed by atoms with Crippen molar-refractivity contribution < 1.29 is 40.6 Å². The van der Waals surface area contributed by atoms with Gasteiger partial charge in [0.1, 0.15) is 17.9 Å². The number of benzene rings is 2. The van der Waals surface area contributed by atoms with Gasteiger partial charge in [0, 0.05) is 12.1 Å². The second-order valence-electron chi connectivity index (χ2n) is 9.82. The number of carbonyl (C=O) groups is 1. The first kappa shape index (κ1) is 30.1. The molecule has 1 atom stereocenters. The van der Waals surface area contributed by atoms with Crippen molar-refractivity contribution in [2.24, 2.45) is 0 Å². The maximum atomic E-state index is 14.1. The Labute approximate surface area is 242 Å². The van der Waals surface area contributed by atoms with Crippen molar-refractivity contribution in [3.63, 3.8) is 0 Å². The molecule has 13 heteroatoms. The molecule has 1 unspecified atom stereocenters. The Kier molecular flexibility index (Phi) is 8.45. The van der Waals surface area contributed by atoms with E-state index in [4.69, 9.17) is 9.47 Å². The van der Waals surface area contributed by atoms with Gasteiger partial charge in [-0.2, -0.15) is 31.4 Å². The Morgan fingerprint density at radius 1 is 1.00 bits per heavy atom. The van der Waals surface area contributed by atoms with Gasteiger partial charge < -0.3 is 14.8 Å². The van der Waals surface area contributed by atoms with Crippen molar-refractivity contribution in [1.82, 2.24) is 20.1 Å². The first-order valence-corrected chi connectivity index (χ1v) is 13.4. The maximum Gasteiger partial charge on any atom is 0.434 e. The second kappa shape index (κ2) is 12.1. The molecule has 3 heterocycles. The molecule has 7 nitrogen and oxygen atoms in total. The van der Waals surface area contributed by atoms with E-state index in [-0.39, 0.29) is 30.3 Å². The molecular weight excluding hydrogens is 578 g/mol. The van der Waals surface area contributed by atoms with E-state index in [1.54, 1.807) is 12.1 Å². The third-order valence-corrected chi connectivity index (χ3v) is 6.98. The summed E-state index contributed by atoms with van der Waals surface area (Å²) >= 11 is 0. The lowest BCUT2D eigenvalue weighted by Gasteiger charge is -2.18. The van der Waals surface area contributed by atoms with Crippen LogP contribution in [0.1, 0.15) is 52.0 Å². The lowest BCUT2D eigenvalue weighted by atomic mass is 9.97. The van der Waals surface area contributed by atoms with Crippen molar-refractivity contribution in [3.8, 4) is 22.8 Å². The lowest BCUT2D eigenvalue weighted by Crippen LogP contribution is -2.19. The van der Waals surface area contributed by atoms with Crippen LogP contribution in [-0.2, 0) is 23.7 Å². The molecule has 43 heavy (non-hydrogen) atoms. The number of ether oxygens (including phenoxy) is 2. The number of pyridine rings is 1. The van der Waals surface area contributed by atoms with Crippen LogP contribution in [0.4, 0.5) is 26.3 Å². The van der Waals surface area contributed by atoms with Crippen LogP contribution in [0.25, 0.3) is 17.1 Å². The monoisotopic (exact) mass is 604 g/mol. The predicted molar refractivity (Wildman–Crippen MR) is 144 cm³/mol. The average Bonchev–Trinajstić information content (AvgIpc) is 3.67. The number of hydrogen-bond donors (Lipinski definition) is 1. The number of carbonyl (C=O) groups excluding carboxylic acids is 1. The van der Waals surface area contributed by atoms with Crippen LogP contribution in [0.3, 0.4) is 0 Å². The van der Waals surface area contributed by atoms with Crippen LogP contribution < -0.4 is 10.1 Å². The zero-order chi connectivity index (χ0) is 30.8. The van der Waals surface area contributed by atoms with Crippen LogP contribution in [0.5, 0.6) is 5.75 Å². The molecule has 1 aliphatic rings. The molecule has 0 saturated carbocycles. The van der Waals surface area contributed by atoms with E-state index in [2.05, 4.69) is 15.4 Å². The first-order chi connectivity index (χ1) is 20.5. The van der Waals surface area contributed by atoms with E-state index >= 15 is 0 Å². The number of rotatable bonds is 8. The highest BCUT2D eigenvalue weighted by atomic mass is 19.4. The summed E-state index contributed by atoms with van der Waals surface area (Å²) in [5.41, 5.74) is -1.73. The molecule has 0 aliphatic carbocycles. The van der Waals surface area contributed by atoms with Crippen LogP contribution in [0, 0.1) is 0 Å². The van der Waals surface area contributed by atoms with Crippen molar-refractivity contribution in [2.45, 2.75) is 38.2 Å². The molecule has 1 aliphatic heterocycles. The second-order valence-corrected chi connectivity index (χ2v) is 9.82. The highest BCUT2D eigenvalue weighted by molar-refractivity contribution is 5.90. The van der Waals surface area contributed by atoms with Gasteiger partial charge in [-0.1, -0.05) is 36.4 Å². The third-order valence-electron chi connectivity index (χ3n) is 6.98. The van der Waals surface area contributed by atoms with Gasteiger partial charge in [0.15, 0.2) is 11.5 Å². The quantitative estimate of drug-likeness (QED) is 0.176. The van der Waals surface area contributed by atoms with E-state index in [0.717, 1.165) is 37.2 Å². The molecule has 5 rings (SSSR count). The van der Waals surface area contributed by atoms with Gasteiger partial charge in [-0.15, -0.1) is 0 Å². The normalized spacial score (nSPS) is 15.5. The maximum absolute atomic E-state index is 14.1. The van der Waals surface area contributed by atoms with Crippen molar-refractivity contribution >= 4 is 5.97 Å². The fraction of sp³-hybridized carbons (Fsp3) is 0.300. The van der Waals surface area contributed by atoms with E-state index in [1.807, 2.05) is 12.1 Å². The van der Waals surface area contributed by atoms with Crippen LogP contribution >= 0.6 is 0 Å². The molecule has 2 aromatic heterocycles. The Hall–Kier alpha value is -4.39. The predicted octanol–water partition coefficient (Wildman–Crippen LogP) is 6.80. The summed E-state index contributed by atoms with van der Waals surface area (Å²) in [4.78, 5) is 16.4. The van der Waals surface area contributed by atoms with Crippen LogP contribution in [0.2, 0.25) is 0 Å². The molecule has 2 aromatic carbocycles. The highest BCUT2D eigenvalue weighted by Crippen LogP contribution is 2.42. The number of nitrogens with zero attached hydrogens (tertiary/aromatic N) is 3. The Morgan fingerprint density at radius 2 is 1.74 bits per heavy atom. The lowest BCUT2D eigenvalue weighted by molar-refractivity contribution is -0.143. The van der Waals surface area contributed by atoms with Crippen LogP contribution in [0.15, 0.2) is 66.9 Å². The van der Waals surface area contributed by atoms with Gasteiger partial charge >= 0.3 is 18.3 Å². The van der Waals surface area contributed by atoms with E-state index in [0.29, 0.717) is 22.4 Å². The van der Waals surface area contributed by atoms with Crippen molar-refractivity contribution in [1.29, 1.82) is 0 Å². The number of nitrogens with one attached hydrogen (secondary N) is 1. The zero-order valence-electron chi connectivity index (χ0n) is 22.8. The molecule has 4 aromatic rings. The SMILES string of the molecule is CCOC(=O)c1cnn(-c2cccc(-c3cccc(C(F)(F)F)c3OCc3ccc(C4CCNC4)cc3)n2)c1C(F)(F)F. The van der Waals surface area contributed by atoms with E-state index in [9.17, 15) is 31.1 Å². The molecule has 0 spiro atoms. The molecule has 0 amide bonds. The number of esters is 1. The van der Waals surface area contributed by atoms with Gasteiger partial charge in [-0.3, -0.25) is 0 Å². The number of alkyl halides is 6. The molecule has 226 valence electrons. The number of hydrogen-bond acceptors (Lipinski definition) is 6. The number of para-hydroxylation sites is 1. The minimum absolute atomic E-state index is 0.0864. The standard InChI is InChI=1S/C30H26F6N4O3/c1-2-42-28(41)22-16-38-40(27(22)30(34,35)36)25-8-4-7-24(39-25)21-5-3-6-23(29(31,32)33)26(21)43-17-18-9-11-19(12-10-18)20-13-14-37-15-20/h3-12,16,20,37H,2,13-15,17H2,1H3. The topological polar surface area (TPSA) is 78.3 Å². The van der Waals surface area contributed by atoms with Gasteiger partial charge in [-0.05, 0) is 61.2 Å². The average molecular weight is 605 g/mol. The van der Waals surface area contributed by atoms with E-state index < -0.39 is 40.9 Å². The summed E-state index contributed by atoms with van der Waals surface area (Å²) in [6.45, 7) is 2.88. The Morgan fingerprint density at radius 3 is 2.40 bits per heavy atom. The van der Waals surface area contributed by atoms with Crippen molar-refractivity contribution in [2.75, 3.05) is 19.7 Å². The number of aromatic nitrogens is 3. The Bertz CT molecular complexity index is 1590. The third kappa shape index (κ3) is 6.51. The first-order valence-electron chi connectivity index (χ1n) is 13.4. The zero-order valence-corrected chi connectivity index (χ0v) is 22.8. The largest absolute Gasteiger partial charge is 0.488 e. The highest BCUT2D eigenvalue weighted by Gasteiger charge is 2.41. The summed E-state index contributed by atoms with van der Waals surface area (Å²) < 4.78 is 95.2. The summed E-state index contributed by atoms with van der Waals surface area (Å²) in [5, 5.41) is 6.99. The minimum atomic E-state index is -5.02. The number of halogens is 6. The minimum Gasteiger partial charge on any atom is -0.488 e. The molecule has 1 N–H and O–H groups in total. The van der Waals surface area contributed by atoms with Gasteiger partial charge in [0.2, 0.25) is 0 Å². The van der Waals surface area contributed by atoms with Gasteiger partial charge in [-0.25, -0.2) is 14.5 Å². The molecule has 1 saturated heterocycles. The van der Waals surface area contributed by atoms with Crippen molar-refractivity contribution in [3.05, 3.63) is 94.8 Å². The molecule has 1 fully saturated rings.